The number of alkyl halides is 3. The Morgan fingerprint density at radius 1 is 1.37 bits per heavy atom. The van der Waals surface area contributed by atoms with Gasteiger partial charge in [-0.1, -0.05) is 26.0 Å². The zero-order chi connectivity index (χ0) is 20.2. The maximum absolute atomic E-state index is 13.0. The van der Waals surface area contributed by atoms with Crippen LogP contribution in [-0.2, 0) is 15.8 Å². The molecule has 0 aromatic heterocycles. The van der Waals surface area contributed by atoms with Crippen LogP contribution in [0.3, 0.4) is 0 Å². The summed E-state index contributed by atoms with van der Waals surface area (Å²) in [7, 11) is 0. The van der Waals surface area contributed by atoms with Crippen molar-refractivity contribution in [3.8, 4) is 0 Å². The van der Waals surface area contributed by atoms with Crippen molar-refractivity contribution in [3.05, 3.63) is 35.4 Å². The standard InChI is InChI=1S/C19H25F3N2O2S/c1-4-23(16(25)10-13(2)3)8-9-24-17(26)12-27-18(24)14-6-5-7-15(11-14)19(20,21)22/h5-7,11,13,18H,4,8-10,12H2,1-3H3. The van der Waals surface area contributed by atoms with Crippen LogP contribution >= 0.6 is 11.8 Å². The van der Waals surface area contributed by atoms with Crippen LogP contribution in [0.5, 0.6) is 0 Å². The minimum Gasteiger partial charge on any atom is -0.341 e. The summed E-state index contributed by atoms with van der Waals surface area (Å²) in [6, 6.07) is 5.10. The maximum atomic E-state index is 13.0. The molecule has 0 aliphatic carbocycles. The number of amides is 2. The van der Waals surface area contributed by atoms with Gasteiger partial charge in [0, 0.05) is 26.1 Å². The second kappa shape index (κ2) is 8.99. The monoisotopic (exact) mass is 402 g/mol. The van der Waals surface area contributed by atoms with Gasteiger partial charge in [0.15, 0.2) is 0 Å². The minimum atomic E-state index is -4.42. The van der Waals surface area contributed by atoms with Crippen molar-refractivity contribution in [3.63, 3.8) is 0 Å². The highest BCUT2D eigenvalue weighted by Crippen LogP contribution is 2.40. The molecule has 1 aliphatic heterocycles. The highest BCUT2D eigenvalue weighted by molar-refractivity contribution is 8.00. The normalized spacial score (nSPS) is 17.7. The van der Waals surface area contributed by atoms with Crippen LogP contribution in [0.15, 0.2) is 24.3 Å². The summed E-state index contributed by atoms with van der Waals surface area (Å²) in [6.45, 7) is 7.04. The molecule has 0 bridgehead atoms. The lowest BCUT2D eigenvalue weighted by Gasteiger charge is -2.29. The van der Waals surface area contributed by atoms with Gasteiger partial charge in [-0.05, 0) is 30.5 Å². The third-order valence-electron chi connectivity index (χ3n) is 4.40. The van der Waals surface area contributed by atoms with E-state index in [1.165, 1.54) is 17.8 Å². The van der Waals surface area contributed by atoms with Gasteiger partial charge in [0.2, 0.25) is 11.8 Å². The summed E-state index contributed by atoms with van der Waals surface area (Å²) >= 11 is 1.31. The molecule has 1 fully saturated rings. The Morgan fingerprint density at radius 3 is 2.67 bits per heavy atom. The predicted octanol–water partition coefficient (Wildman–Crippen LogP) is 4.17. The fourth-order valence-electron chi connectivity index (χ4n) is 3.01. The summed E-state index contributed by atoms with van der Waals surface area (Å²) in [4.78, 5) is 27.8. The fraction of sp³-hybridized carbons (Fsp3) is 0.579. The molecule has 1 aliphatic rings. The molecule has 1 atom stereocenters. The molecule has 4 nitrogen and oxygen atoms in total. The Labute approximate surface area is 162 Å². The van der Waals surface area contributed by atoms with E-state index >= 15 is 0 Å². The first-order valence-corrected chi connectivity index (χ1v) is 10.0. The van der Waals surface area contributed by atoms with E-state index < -0.39 is 17.1 Å². The molecular weight excluding hydrogens is 377 g/mol. The van der Waals surface area contributed by atoms with E-state index in [2.05, 4.69) is 0 Å². The SMILES string of the molecule is CCN(CCN1C(=O)CSC1c1cccc(C(F)(F)F)c1)C(=O)CC(C)C. The van der Waals surface area contributed by atoms with Crippen LogP contribution in [0.2, 0.25) is 0 Å². The number of thioether (sulfide) groups is 1. The van der Waals surface area contributed by atoms with E-state index in [0.717, 1.165) is 12.1 Å². The number of rotatable bonds is 7. The van der Waals surface area contributed by atoms with Crippen molar-refractivity contribution in [2.45, 2.75) is 38.7 Å². The van der Waals surface area contributed by atoms with Crippen molar-refractivity contribution < 1.29 is 22.8 Å². The number of carbonyl (C=O) groups excluding carboxylic acids is 2. The molecule has 0 radical (unpaired) electrons. The predicted molar refractivity (Wildman–Crippen MR) is 100 cm³/mol. The van der Waals surface area contributed by atoms with E-state index in [0.29, 0.717) is 31.6 Å². The molecule has 1 unspecified atom stereocenters. The largest absolute Gasteiger partial charge is 0.416 e. The Hall–Kier alpha value is -1.70. The van der Waals surface area contributed by atoms with Gasteiger partial charge in [0.1, 0.15) is 5.37 Å². The van der Waals surface area contributed by atoms with Crippen molar-refractivity contribution in [2.75, 3.05) is 25.4 Å². The van der Waals surface area contributed by atoms with Crippen LogP contribution in [0, 0.1) is 5.92 Å². The quantitative estimate of drug-likeness (QED) is 0.687. The molecule has 2 rings (SSSR count). The van der Waals surface area contributed by atoms with E-state index in [1.54, 1.807) is 15.9 Å². The highest BCUT2D eigenvalue weighted by Gasteiger charge is 2.35. The number of hydrogen-bond donors (Lipinski definition) is 0. The summed E-state index contributed by atoms with van der Waals surface area (Å²) in [6.07, 6.45) is -3.98. The summed E-state index contributed by atoms with van der Waals surface area (Å²) in [5.74, 6) is 0.387. The second-order valence-electron chi connectivity index (χ2n) is 6.95. The zero-order valence-corrected chi connectivity index (χ0v) is 16.6. The van der Waals surface area contributed by atoms with Gasteiger partial charge >= 0.3 is 6.18 Å². The molecule has 2 amide bonds. The fourth-order valence-corrected chi connectivity index (χ4v) is 4.21. The number of halogens is 3. The number of nitrogens with zero attached hydrogens (tertiary/aromatic N) is 2. The number of likely N-dealkylation sites (N-methyl/N-ethyl adjacent to an activating group) is 1. The molecule has 0 spiro atoms. The lowest BCUT2D eigenvalue weighted by Crippen LogP contribution is -2.40. The first kappa shape index (κ1) is 21.6. The van der Waals surface area contributed by atoms with E-state index in [1.807, 2.05) is 20.8 Å². The summed E-state index contributed by atoms with van der Waals surface area (Å²) in [5, 5.41) is -0.460. The topological polar surface area (TPSA) is 40.6 Å². The molecule has 0 saturated carbocycles. The van der Waals surface area contributed by atoms with Crippen molar-refractivity contribution in [1.29, 1.82) is 0 Å². The van der Waals surface area contributed by atoms with Gasteiger partial charge in [-0.3, -0.25) is 9.59 Å². The van der Waals surface area contributed by atoms with Crippen LogP contribution in [0.1, 0.15) is 43.7 Å². The van der Waals surface area contributed by atoms with Gasteiger partial charge in [-0.25, -0.2) is 0 Å². The molecule has 1 aromatic rings. The first-order valence-electron chi connectivity index (χ1n) is 8.99. The molecule has 1 saturated heterocycles. The second-order valence-corrected chi connectivity index (χ2v) is 8.01. The lowest BCUT2D eigenvalue weighted by molar-refractivity contribution is -0.137. The van der Waals surface area contributed by atoms with Gasteiger partial charge in [-0.2, -0.15) is 13.2 Å². The molecule has 1 aromatic carbocycles. The molecule has 1 heterocycles. The number of benzene rings is 1. The van der Waals surface area contributed by atoms with Crippen molar-refractivity contribution in [2.24, 2.45) is 5.92 Å². The maximum Gasteiger partial charge on any atom is 0.416 e. The third-order valence-corrected chi connectivity index (χ3v) is 5.65. The van der Waals surface area contributed by atoms with Gasteiger partial charge < -0.3 is 9.80 Å². The van der Waals surface area contributed by atoms with E-state index in [-0.39, 0.29) is 23.5 Å². The first-order chi connectivity index (χ1) is 12.6. The average Bonchev–Trinajstić information content (AvgIpc) is 2.95. The lowest BCUT2D eigenvalue weighted by atomic mass is 10.1. The molecule has 0 N–H and O–H groups in total. The Balaban J connectivity index is 2.11. The van der Waals surface area contributed by atoms with Gasteiger partial charge in [0.05, 0.1) is 11.3 Å². The molecule has 27 heavy (non-hydrogen) atoms. The van der Waals surface area contributed by atoms with Gasteiger partial charge in [-0.15, -0.1) is 11.8 Å². The van der Waals surface area contributed by atoms with Crippen LogP contribution in [0.25, 0.3) is 0 Å². The molecule has 150 valence electrons. The van der Waals surface area contributed by atoms with Gasteiger partial charge in [0.25, 0.3) is 0 Å². The third kappa shape index (κ3) is 5.64. The summed E-state index contributed by atoms with van der Waals surface area (Å²) < 4.78 is 39.0. The Bertz CT molecular complexity index is 679. The van der Waals surface area contributed by atoms with Crippen molar-refractivity contribution in [1.82, 2.24) is 9.80 Å². The molecular formula is C19H25F3N2O2S. The zero-order valence-electron chi connectivity index (χ0n) is 15.8. The number of hydrogen-bond acceptors (Lipinski definition) is 3. The van der Waals surface area contributed by atoms with E-state index in [9.17, 15) is 22.8 Å². The van der Waals surface area contributed by atoms with E-state index in [4.69, 9.17) is 0 Å². The van der Waals surface area contributed by atoms with Crippen molar-refractivity contribution >= 4 is 23.6 Å². The van der Waals surface area contributed by atoms with Crippen LogP contribution < -0.4 is 0 Å². The Morgan fingerprint density at radius 2 is 2.07 bits per heavy atom. The van der Waals surface area contributed by atoms with Crippen LogP contribution in [0.4, 0.5) is 13.2 Å². The smallest absolute Gasteiger partial charge is 0.341 e. The van der Waals surface area contributed by atoms with Crippen LogP contribution in [-0.4, -0.2) is 47.0 Å². The number of carbonyl (C=O) groups is 2. The summed E-state index contributed by atoms with van der Waals surface area (Å²) in [5.41, 5.74) is -0.264. The highest BCUT2D eigenvalue weighted by atomic mass is 32.2. The average molecular weight is 402 g/mol. The molecule has 8 heteroatoms. The minimum absolute atomic E-state index is 0.0300. The Kier molecular flexibility index (Phi) is 7.19.